The van der Waals surface area contributed by atoms with Crippen molar-refractivity contribution in [2.24, 2.45) is 0 Å². The first-order chi connectivity index (χ1) is 9.88. The predicted octanol–water partition coefficient (Wildman–Crippen LogP) is 3.30. The first kappa shape index (κ1) is 15.0. The van der Waals surface area contributed by atoms with Crippen molar-refractivity contribution in [2.45, 2.75) is 13.8 Å². The summed E-state index contributed by atoms with van der Waals surface area (Å²) in [4.78, 5) is 26.7. The van der Waals surface area contributed by atoms with Gasteiger partial charge in [-0.25, -0.2) is 9.78 Å². The summed E-state index contributed by atoms with van der Waals surface area (Å²) >= 11 is 6.06. The molecule has 0 aliphatic carbocycles. The molecule has 1 amide bonds. The van der Waals surface area contributed by atoms with Crippen molar-refractivity contribution in [3.05, 3.63) is 57.7 Å². The highest BCUT2D eigenvalue weighted by Crippen LogP contribution is 2.21. The number of amides is 1. The maximum Gasteiger partial charge on any atom is 0.337 e. The summed E-state index contributed by atoms with van der Waals surface area (Å²) < 4.78 is 0. The highest BCUT2D eigenvalue weighted by atomic mass is 35.5. The number of anilines is 1. The Morgan fingerprint density at radius 2 is 1.90 bits per heavy atom. The molecule has 0 aliphatic heterocycles. The van der Waals surface area contributed by atoms with Gasteiger partial charge in [0.2, 0.25) is 0 Å². The molecule has 0 radical (unpaired) electrons. The molecule has 0 atom stereocenters. The van der Waals surface area contributed by atoms with Crippen LogP contribution < -0.4 is 5.32 Å². The van der Waals surface area contributed by atoms with Gasteiger partial charge in [0, 0.05) is 16.8 Å². The molecule has 2 N–H and O–H groups in total. The largest absolute Gasteiger partial charge is 0.478 e. The topological polar surface area (TPSA) is 79.3 Å². The number of benzene rings is 1. The van der Waals surface area contributed by atoms with E-state index >= 15 is 0 Å². The molecule has 1 heterocycles. The van der Waals surface area contributed by atoms with Crippen LogP contribution in [0.1, 0.15) is 31.8 Å². The van der Waals surface area contributed by atoms with Crippen LogP contribution in [-0.4, -0.2) is 22.0 Å². The molecule has 0 spiro atoms. The third-order valence-electron chi connectivity index (χ3n) is 3.12. The Bertz CT molecular complexity index is 688. The van der Waals surface area contributed by atoms with Gasteiger partial charge in [-0.2, -0.15) is 0 Å². The molecule has 0 saturated heterocycles. The van der Waals surface area contributed by atoms with Gasteiger partial charge in [0.1, 0.15) is 5.82 Å². The Morgan fingerprint density at radius 3 is 2.43 bits per heavy atom. The number of aromatic carboxylic acids is 1. The molecule has 0 fully saturated rings. The summed E-state index contributed by atoms with van der Waals surface area (Å²) in [6, 6.07) is 6.13. The molecule has 0 unspecified atom stereocenters. The van der Waals surface area contributed by atoms with Gasteiger partial charge in [-0.1, -0.05) is 11.6 Å². The zero-order valence-corrected chi connectivity index (χ0v) is 12.2. The van der Waals surface area contributed by atoms with Crippen LogP contribution in [0.25, 0.3) is 0 Å². The van der Waals surface area contributed by atoms with Crippen molar-refractivity contribution < 1.29 is 14.7 Å². The summed E-state index contributed by atoms with van der Waals surface area (Å²) in [5.74, 6) is -1.14. The van der Waals surface area contributed by atoms with Gasteiger partial charge in [-0.05, 0) is 49.2 Å². The van der Waals surface area contributed by atoms with E-state index in [-0.39, 0.29) is 17.3 Å². The third-order valence-corrected chi connectivity index (χ3v) is 3.51. The van der Waals surface area contributed by atoms with Gasteiger partial charge in [-0.3, -0.25) is 4.79 Å². The quantitative estimate of drug-likeness (QED) is 0.912. The molecule has 5 nitrogen and oxygen atoms in total. The number of halogens is 1. The fourth-order valence-corrected chi connectivity index (χ4v) is 2.00. The van der Waals surface area contributed by atoms with Crippen LogP contribution in [-0.2, 0) is 0 Å². The second-order valence-corrected chi connectivity index (χ2v) is 5.00. The normalized spacial score (nSPS) is 10.2. The Kier molecular flexibility index (Phi) is 4.23. The summed E-state index contributed by atoms with van der Waals surface area (Å²) in [6.45, 7) is 3.75. The minimum Gasteiger partial charge on any atom is -0.478 e. The van der Waals surface area contributed by atoms with E-state index in [2.05, 4.69) is 10.3 Å². The lowest BCUT2D eigenvalue weighted by atomic mass is 10.1. The standard InChI is InChI=1S/C15H13ClN2O3/c1-8-5-11(6-12(16)9(8)2)14(19)18-13-4-3-10(7-17-13)15(20)21/h3-7H,1-2H3,(H,20,21)(H,17,18,19). The van der Waals surface area contributed by atoms with Crippen LogP contribution >= 0.6 is 11.6 Å². The SMILES string of the molecule is Cc1cc(C(=O)Nc2ccc(C(=O)O)cn2)cc(Cl)c1C. The summed E-state index contributed by atoms with van der Waals surface area (Å²) in [5.41, 5.74) is 2.33. The molecule has 6 heteroatoms. The van der Waals surface area contributed by atoms with E-state index in [1.165, 1.54) is 18.3 Å². The van der Waals surface area contributed by atoms with Crippen molar-refractivity contribution >= 4 is 29.3 Å². The van der Waals surface area contributed by atoms with Gasteiger partial charge in [0.15, 0.2) is 0 Å². The van der Waals surface area contributed by atoms with E-state index in [1.807, 2.05) is 13.8 Å². The Morgan fingerprint density at radius 1 is 1.19 bits per heavy atom. The lowest BCUT2D eigenvalue weighted by Crippen LogP contribution is -2.13. The molecule has 0 aliphatic rings. The van der Waals surface area contributed by atoms with E-state index in [0.717, 1.165) is 11.1 Å². The second kappa shape index (κ2) is 5.93. The van der Waals surface area contributed by atoms with Crippen molar-refractivity contribution in [1.82, 2.24) is 4.98 Å². The summed E-state index contributed by atoms with van der Waals surface area (Å²) in [7, 11) is 0. The molecule has 1 aromatic carbocycles. The number of carboxylic acids is 1. The van der Waals surface area contributed by atoms with Gasteiger partial charge < -0.3 is 10.4 Å². The number of hydrogen-bond donors (Lipinski definition) is 2. The lowest BCUT2D eigenvalue weighted by molar-refractivity contribution is 0.0696. The van der Waals surface area contributed by atoms with Gasteiger partial charge in [-0.15, -0.1) is 0 Å². The van der Waals surface area contributed by atoms with Crippen molar-refractivity contribution in [1.29, 1.82) is 0 Å². The van der Waals surface area contributed by atoms with E-state index in [4.69, 9.17) is 16.7 Å². The Balaban J connectivity index is 2.20. The van der Waals surface area contributed by atoms with Crippen LogP contribution in [0, 0.1) is 13.8 Å². The van der Waals surface area contributed by atoms with Crippen LogP contribution in [0.15, 0.2) is 30.5 Å². The second-order valence-electron chi connectivity index (χ2n) is 4.59. The molecule has 2 aromatic rings. The smallest absolute Gasteiger partial charge is 0.337 e. The maximum atomic E-state index is 12.1. The van der Waals surface area contributed by atoms with E-state index in [9.17, 15) is 9.59 Å². The van der Waals surface area contributed by atoms with Gasteiger partial charge in [0.05, 0.1) is 5.56 Å². The van der Waals surface area contributed by atoms with Crippen LogP contribution in [0.3, 0.4) is 0 Å². The number of carboxylic acid groups (broad SMARTS) is 1. The molecule has 2 rings (SSSR count). The minimum absolute atomic E-state index is 0.0576. The predicted molar refractivity (Wildman–Crippen MR) is 80.1 cm³/mol. The maximum absolute atomic E-state index is 12.1. The highest BCUT2D eigenvalue weighted by Gasteiger charge is 2.11. The zero-order chi connectivity index (χ0) is 15.6. The van der Waals surface area contributed by atoms with Crippen LogP contribution in [0.2, 0.25) is 5.02 Å². The highest BCUT2D eigenvalue weighted by molar-refractivity contribution is 6.32. The number of nitrogens with zero attached hydrogens (tertiary/aromatic N) is 1. The van der Waals surface area contributed by atoms with E-state index in [0.29, 0.717) is 10.6 Å². The van der Waals surface area contributed by atoms with E-state index < -0.39 is 5.97 Å². The number of pyridine rings is 1. The van der Waals surface area contributed by atoms with Crippen LogP contribution in [0.4, 0.5) is 5.82 Å². The zero-order valence-electron chi connectivity index (χ0n) is 11.5. The number of aryl methyl sites for hydroxylation is 1. The molecule has 1 aromatic heterocycles. The summed E-state index contributed by atoms with van der Waals surface area (Å²) in [6.07, 6.45) is 1.19. The fraction of sp³-hybridized carbons (Fsp3) is 0.133. The molecular weight excluding hydrogens is 292 g/mol. The Hall–Kier alpha value is -2.40. The average Bonchev–Trinajstić information content (AvgIpc) is 2.44. The number of carbonyl (C=O) groups is 2. The number of nitrogens with one attached hydrogen (secondary N) is 1. The molecule has 108 valence electrons. The number of aromatic nitrogens is 1. The summed E-state index contributed by atoms with van der Waals surface area (Å²) in [5, 5.41) is 11.9. The van der Waals surface area contributed by atoms with Gasteiger partial charge >= 0.3 is 5.97 Å². The third kappa shape index (κ3) is 3.38. The average molecular weight is 305 g/mol. The van der Waals surface area contributed by atoms with Crippen molar-refractivity contribution in [3.8, 4) is 0 Å². The van der Waals surface area contributed by atoms with Crippen molar-refractivity contribution in [2.75, 3.05) is 5.32 Å². The lowest BCUT2D eigenvalue weighted by Gasteiger charge is -2.08. The number of rotatable bonds is 3. The molecule has 21 heavy (non-hydrogen) atoms. The number of carbonyl (C=O) groups excluding carboxylic acids is 1. The molecule has 0 bridgehead atoms. The molecule has 0 saturated carbocycles. The van der Waals surface area contributed by atoms with E-state index in [1.54, 1.807) is 12.1 Å². The van der Waals surface area contributed by atoms with Crippen LogP contribution in [0.5, 0.6) is 0 Å². The fourth-order valence-electron chi connectivity index (χ4n) is 1.73. The monoisotopic (exact) mass is 304 g/mol. The Labute approximate surface area is 126 Å². The van der Waals surface area contributed by atoms with Gasteiger partial charge in [0.25, 0.3) is 5.91 Å². The number of hydrogen-bond acceptors (Lipinski definition) is 3. The first-order valence-corrected chi connectivity index (χ1v) is 6.53. The molecular formula is C15H13ClN2O3. The first-order valence-electron chi connectivity index (χ1n) is 6.16. The minimum atomic E-state index is -1.07. The van der Waals surface area contributed by atoms with Crippen molar-refractivity contribution in [3.63, 3.8) is 0 Å².